The molecule has 2 amide bonds. The van der Waals surface area contributed by atoms with Gasteiger partial charge < -0.3 is 29.5 Å². The second-order valence-corrected chi connectivity index (χ2v) is 11.6. The molecule has 0 bridgehead atoms. The van der Waals surface area contributed by atoms with E-state index in [-0.39, 0.29) is 37.7 Å². The van der Waals surface area contributed by atoms with Crippen LogP contribution in [0.3, 0.4) is 0 Å². The van der Waals surface area contributed by atoms with Gasteiger partial charge in [0, 0.05) is 56.7 Å². The number of likely N-dealkylation sites (tertiary alicyclic amines) is 2. The number of amides is 2. The van der Waals surface area contributed by atoms with Gasteiger partial charge in [0.25, 0.3) is 0 Å². The van der Waals surface area contributed by atoms with E-state index in [1.54, 1.807) is 4.90 Å². The van der Waals surface area contributed by atoms with Crippen molar-refractivity contribution in [3.05, 3.63) is 23.8 Å². The van der Waals surface area contributed by atoms with Crippen molar-refractivity contribution in [3.63, 3.8) is 0 Å². The number of nitrogens with zero attached hydrogens (tertiary/aromatic N) is 3. The van der Waals surface area contributed by atoms with Crippen molar-refractivity contribution in [2.75, 3.05) is 52.7 Å². The predicted octanol–water partition coefficient (Wildman–Crippen LogP) is 2.54. The molecule has 4 rings (SSSR count). The number of carbonyl (C=O) groups excluding carboxylic acids is 2. The number of carboxylic acid groups (broad SMARTS) is 1. The molecule has 10 heteroatoms. The summed E-state index contributed by atoms with van der Waals surface area (Å²) in [5.41, 5.74) is 0.437. The molecule has 1 aromatic carbocycles. The second-order valence-electron chi connectivity index (χ2n) is 11.6. The van der Waals surface area contributed by atoms with E-state index in [4.69, 9.17) is 9.47 Å². The van der Waals surface area contributed by atoms with Gasteiger partial charge in [-0.05, 0) is 43.4 Å². The first-order valence-corrected chi connectivity index (χ1v) is 14.2. The molecule has 0 saturated carbocycles. The molecule has 10 nitrogen and oxygen atoms in total. The fourth-order valence-electron chi connectivity index (χ4n) is 6.13. The van der Waals surface area contributed by atoms with Gasteiger partial charge in [-0.25, -0.2) is 0 Å². The molecule has 2 saturated heterocycles. The molecule has 2 fully saturated rings. The summed E-state index contributed by atoms with van der Waals surface area (Å²) < 4.78 is 11.0. The number of carbonyl (C=O) groups is 3. The van der Waals surface area contributed by atoms with E-state index in [0.29, 0.717) is 57.1 Å². The van der Waals surface area contributed by atoms with Crippen LogP contribution in [0.4, 0.5) is 0 Å². The van der Waals surface area contributed by atoms with Crippen molar-refractivity contribution < 1.29 is 34.1 Å². The van der Waals surface area contributed by atoms with Gasteiger partial charge >= 0.3 is 5.97 Å². The van der Waals surface area contributed by atoms with E-state index in [2.05, 4.69) is 6.92 Å². The molecule has 3 aliphatic rings. The van der Waals surface area contributed by atoms with Crippen LogP contribution in [0.25, 0.3) is 0 Å². The first-order chi connectivity index (χ1) is 18.7. The van der Waals surface area contributed by atoms with Crippen molar-refractivity contribution in [1.82, 2.24) is 14.7 Å². The van der Waals surface area contributed by atoms with Crippen molar-refractivity contribution in [2.45, 2.75) is 64.8 Å². The maximum Gasteiger partial charge on any atom is 0.308 e. The van der Waals surface area contributed by atoms with Crippen LogP contribution in [-0.4, -0.2) is 101 Å². The Morgan fingerprint density at radius 1 is 1.15 bits per heavy atom. The number of unbranched alkanes of at least 4 members (excludes halogenated alkanes) is 1. The highest BCUT2D eigenvalue weighted by Gasteiger charge is 2.48. The lowest BCUT2D eigenvalue weighted by atomic mass is 9.84. The van der Waals surface area contributed by atoms with E-state index in [1.165, 1.54) is 0 Å². The third-order valence-corrected chi connectivity index (χ3v) is 8.48. The number of carboxylic acids is 1. The average molecular weight is 546 g/mol. The minimum Gasteiger partial charge on any atom is -0.481 e. The largest absolute Gasteiger partial charge is 0.481 e. The topological polar surface area (TPSA) is 120 Å². The van der Waals surface area contributed by atoms with E-state index in [9.17, 15) is 24.6 Å². The molecule has 1 aromatic rings. The average Bonchev–Trinajstić information content (AvgIpc) is 3.58. The molecule has 0 radical (unpaired) electrons. The summed E-state index contributed by atoms with van der Waals surface area (Å²) in [5, 5.41) is 19.8. The van der Waals surface area contributed by atoms with Crippen molar-refractivity contribution in [2.24, 2.45) is 11.3 Å². The summed E-state index contributed by atoms with van der Waals surface area (Å²) >= 11 is 0. The SMILES string of the molecule is CCCCN(CCCO)C(=O)CN1C[C@H](c2ccc3c(c2)OCO3)[C@@H](C(=O)O)[C@@H]1CCN1CCC(C)(C)C1=O. The van der Waals surface area contributed by atoms with Crippen molar-refractivity contribution in [3.8, 4) is 11.5 Å². The molecular formula is C29H43N3O7. The highest BCUT2D eigenvalue weighted by molar-refractivity contribution is 5.84. The molecule has 2 N–H and O–H groups in total. The molecule has 3 atom stereocenters. The molecule has 0 aromatic heterocycles. The van der Waals surface area contributed by atoms with Gasteiger partial charge in [0.05, 0.1) is 12.5 Å². The van der Waals surface area contributed by atoms with E-state index in [0.717, 1.165) is 24.8 Å². The van der Waals surface area contributed by atoms with Crippen LogP contribution in [0.1, 0.15) is 64.4 Å². The zero-order valence-electron chi connectivity index (χ0n) is 23.4. The Morgan fingerprint density at radius 2 is 1.90 bits per heavy atom. The summed E-state index contributed by atoms with van der Waals surface area (Å²) in [6.45, 7) is 8.82. The number of aliphatic carboxylic acids is 1. The number of benzene rings is 1. The monoisotopic (exact) mass is 545 g/mol. The van der Waals surface area contributed by atoms with Crippen LogP contribution in [0, 0.1) is 11.3 Å². The normalized spacial score (nSPS) is 23.9. The minimum atomic E-state index is -0.909. The Bertz CT molecular complexity index is 1040. The second kappa shape index (κ2) is 12.6. The van der Waals surface area contributed by atoms with Crippen LogP contribution in [0.15, 0.2) is 18.2 Å². The first kappa shape index (κ1) is 29.1. The fourth-order valence-corrected chi connectivity index (χ4v) is 6.13. The van der Waals surface area contributed by atoms with Gasteiger partial charge in [-0.15, -0.1) is 0 Å². The number of hydrogen-bond donors (Lipinski definition) is 2. The molecule has 3 aliphatic heterocycles. The molecule has 39 heavy (non-hydrogen) atoms. The van der Waals surface area contributed by atoms with Gasteiger partial charge in [0.15, 0.2) is 11.5 Å². The minimum absolute atomic E-state index is 0.00965. The zero-order valence-corrected chi connectivity index (χ0v) is 23.4. The summed E-state index contributed by atoms with van der Waals surface area (Å²) in [6.07, 6.45) is 3.56. The number of aliphatic hydroxyl groups is 1. The lowest BCUT2D eigenvalue weighted by Gasteiger charge is -2.31. The van der Waals surface area contributed by atoms with E-state index >= 15 is 0 Å². The smallest absolute Gasteiger partial charge is 0.308 e. The van der Waals surface area contributed by atoms with Crippen molar-refractivity contribution in [1.29, 1.82) is 0 Å². The maximum absolute atomic E-state index is 13.5. The summed E-state index contributed by atoms with van der Waals surface area (Å²) in [4.78, 5) is 44.7. The lowest BCUT2D eigenvalue weighted by Crippen LogP contribution is -2.46. The number of fused-ring (bicyclic) bond motifs is 1. The van der Waals surface area contributed by atoms with Crippen LogP contribution in [0.2, 0.25) is 0 Å². The van der Waals surface area contributed by atoms with Gasteiger partial charge in [0.2, 0.25) is 18.6 Å². The standard InChI is InChI=1S/C29H43N3O7/c1-4-5-11-30(12-6-15-33)25(34)18-32-17-21(20-7-8-23-24(16-20)39-19-38-23)26(27(35)36)22(32)9-13-31-14-10-29(2,3)28(31)37/h7-8,16,21-22,26,33H,4-6,9-15,17-19H2,1-3H3,(H,35,36)/t21-,22+,26-/m1/s1. The lowest BCUT2D eigenvalue weighted by molar-refractivity contribution is -0.144. The first-order valence-electron chi connectivity index (χ1n) is 14.2. The third kappa shape index (κ3) is 6.49. The number of rotatable bonds is 13. The van der Waals surface area contributed by atoms with Gasteiger partial charge in [0.1, 0.15) is 0 Å². The fraction of sp³-hybridized carbons (Fsp3) is 0.690. The van der Waals surface area contributed by atoms with Crippen molar-refractivity contribution >= 4 is 17.8 Å². The third-order valence-electron chi connectivity index (χ3n) is 8.48. The maximum atomic E-state index is 13.5. The predicted molar refractivity (Wildman–Crippen MR) is 145 cm³/mol. The number of ether oxygens (including phenoxy) is 2. The summed E-state index contributed by atoms with van der Waals surface area (Å²) in [5.74, 6) is -0.728. The molecule has 216 valence electrons. The van der Waals surface area contributed by atoms with Gasteiger partial charge in [-0.3, -0.25) is 19.3 Å². The number of aliphatic hydroxyl groups excluding tert-OH is 1. The highest BCUT2D eigenvalue weighted by Crippen LogP contribution is 2.43. The van der Waals surface area contributed by atoms with Crippen LogP contribution < -0.4 is 9.47 Å². The number of hydrogen-bond acceptors (Lipinski definition) is 7. The Labute approximate surface area is 230 Å². The van der Waals surface area contributed by atoms with Crippen LogP contribution in [-0.2, 0) is 14.4 Å². The quantitative estimate of drug-likeness (QED) is 0.388. The summed E-state index contributed by atoms with van der Waals surface area (Å²) in [7, 11) is 0. The zero-order chi connectivity index (χ0) is 28.2. The van der Waals surface area contributed by atoms with Gasteiger partial charge in [-0.1, -0.05) is 33.3 Å². The van der Waals surface area contributed by atoms with Crippen LogP contribution >= 0.6 is 0 Å². The molecular weight excluding hydrogens is 502 g/mol. The Kier molecular flexibility index (Phi) is 9.38. The molecule has 3 heterocycles. The molecule has 0 aliphatic carbocycles. The van der Waals surface area contributed by atoms with E-state index < -0.39 is 23.3 Å². The Hall–Kier alpha value is -2.85. The van der Waals surface area contributed by atoms with Gasteiger partial charge in [-0.2, -0.15) is 0 Å². The molecule has 0 unspecified atom stereocenters. The Morgan fingerprint density at radius 3 is 2.56 bits per heavy atom. The van der Waals surface area contributed by atoms with Crippen LogP contribution in [0.5, 0.6) is 11.5 Å². The van der Waals surface area contributed by atoms with E-state index in [1.807, 2.05) is 41.8 Å². The molecule has 0 spiro atoms. The highest BCUT2D eigenvalue weighted by atomic mass is 16.7. The Balaban J connectivity index is 1.58. The summed E-state index contributed by atoms with van der Waals surface area (Å²) in [6, 6.07) is 5.14.